The summed E-state index contributed by atoms with van der Waals surface area (Å²) < 4.78 is 10.2. The van der Waals surface area contributed by atoms with E-state index < -0.39 is 11.5 Å². The number of rotatable bonds is 5. The Hall–Kier alpha value is -3.64. The summed E-state index contributed by atoms with van der Waals surface area (Å²) in [5.41, 5.74) is 7.86. The molecule has 0 amide bonds. The van der Waals surface area contributed by atoms with E-state index in [9.17, 15) is 9.59 Å². The number of hydrogen-bond donors (Lipinski definition) is 4. The topological polar surface area (TPSA) is 223 Å². The standard InChI is InChI=1S/C7H11ClN2O2.C7H14N2O.C5H8N2O2.C5H9N.C4H10N2O/c1-5(2)6-9-12-7(11)10(6)4-3-8;1-7(2,3)6-8-4-5-10-9-6;1-3(2)4-6-5(8)9-7-4;1-5(2,3)4-6;1-3(2)4(5)6-7/h5H,3-4H2,1-2H3;4-5H2,1-3H3,(H,8,9);3H,1-2H3,(H,6,7,8);1-3H3;3,7H,1-2H3,(H2,5,6). The number of aromatic amines is 1. The van der Waals surface area contributed by atoms with Gasteiger partial charge in [0, 0.05) is 41.0 Å². The van der Waals surface area contributed by atoms with E-state index in [1.165, 1.54) is 4.57 Å². The lowest BCUT2D eigenvalue weighted by Crippen LogP contribution is -2.39. The molecule has 0 aromatic carbocycles. The highest BCUT2D eigenvalue weighted by Crippen LogP contribution is 2.15. The van der Waals surface area contributed by atoms with Crippen molar-refractivity contribution in [3.8, 4) is 6.07 Å². The number of hydrogen-bond acceptors (Lipinski definition) is 12. The number of alkyl halides is 1. The van der Waals surface area contributed by atoms with E-state index in [0.717, 1.165) is 12.4 Å². The molecule has 0 radical (unpaired) electrons. The van der Waals surface area contributed by atoms with Crippen molar-refractivity contribution in [2.75, 3.05) is 19.0 Å². The Kier molecular flexibility index (Phi) is 20.4. The molecule has 0 saturated carbocycles. The maximum absolute atomic E-state index is 11.0. The van der Waals surface area contributed by atoms with Crippen LogP contribution in [0.1, 0.15) is 107 Å². The molecule has 16 heteroatoms. The first-order valence-corrected chi connectivity index (χ1v) is 14.7. The molecule has 1 aliphatic heterocycles. The fourth-order valence-electron chi connectivity index (χ4n) is 2.34. The van der Waals surface area contributed by atoms with E-state index in [2.05, 4.69) is 66.8 Å². The van der Waals surface area contributed by atoms with E-state index in [1.807, 2.05) is 62.3 Å². The van der Waals surface area contributed by atoms with Gasteiger partial charge in [0.05, 0.1) is 19.2 Å². The molecule has 2 aromatic rings. The molecule has 0 fully saturated rings. The van der Waals surface area contributed by atoms with Gasteiger partial charge in [0.25, 0.3) is 0 Å². The Labute approximate surface area is 264 Å². The second-order valence-electron chi connectivity index (χ2n) is 12.4. The number of aromatic nitrogens is 4. The first-order valence-electron chi connectivity index (χ1n) is 14.2. The molecule has 5 N–H and O–H groups in total. The molecule has 0 saturated heterocycles. The number of nitrogens with one attached hydrogen (secondary N) is 2. The van der Waals surface area contributed by atoms with Crippen LogP contribution in [-0.4, -0.2) is 55.8 Å². The third-order valence-electron chi connectivity index (χ3n) is 4.93. The number of hydroxylamine groups is 1. The minimum atomic E-state index is -0.487. The number of halogens is 1. The molecule has 2 aromatic heterocycles. The molecule has 0 bridgehead atoms. The number of nitriles is 1. The van der Waals surface area contributed by atoms with Gasteiger partial charge in [-0.1, -0.05) is 77.8 Å². The van der Waals surface area contributed by atoms with Crippen LogP contribution in [0.15, 0.2) is 28.8 Å². The van der Waals surface area contributed by atoms with E-state index >= 15 is 0 Å². The summed E-state index contributed by atoms with van der Waals surface area (Å²) in [7, 11) is 0. The van der Waals surface area contributed by atoms with Crippen molar-refractivity contribution in [1.29, 1.82) is 5.26 Å². The van der Waals surface area contributed by atoms with Crippen LogP contribution in [0, 0.1) is 28.1 Å². The highest BCUT2D eigenvalue weighted by Gasteiger charge is 2.20. The minimum Gasteiger partial charge on any atom is -0.409 e. The van der Waals surface area contributed by atoms with Gasteiger partial charge in [-0.3, -0.25) is 33.9 Å². The monoisotopic (exact) mass is 645 g/mol. The minimum absolute atomic E-state index is 0.0837. The fourth-order valence-corrected chi connectivity index (χ4v) is 2.51. The Morgan fingerprint density at radius 3 is 1.91 bits per heavy atom. The summed E-state index contributed by atoms with van der Waals surface area (Å²) in [5.74, 6) is 2.49. The molecule has 1 aliphatic rings. The molecular formula is C28H52ClN9O6. The number of oxime groups is 1. The first kappa shape index (κ1) is 42.5. The number of nitrogens with two attached hydrogens (primary N) is 1. The number of amidine groups is 2. The number of nitrogens with zero attached hydrogens (tertiary/aromatic N) is 6. The van der Waals surface area contributed by atoms with Crippen LogP contribution in [0.25, 0.3) is 0 Å². The van der Waals surface area contributed by atoms with Gasteiger partial charge in [-0.15, -0.1) is 11.6 Å². The van der Waals surface area contributed by atoms with Gasteiger partial charge in [-0.25, -0.2) is 9.59 Å². The molecule has 0 unspecified atom stereocenters. The highest BCUT2D eigenvalue weighted by atomic mass is 35.5. The second-order valence-corrected chi connectivity index (χ2v) is 12.8. The lowest BCUT2D eigenvalue weighted by Gasteiger charge is -2.24. The van der Waals surface area contributed by atoms with Crippen molar-refractivity contribution in [2.45, 2.75) is 101 Å². The Morgan fingerprint density at radius 2 is 1.66 bits per heavy atom. The van der Waals surface area contributed by atoms with Gasteiger partial charge < -0.3 is 10.9 Å². The van der Waals surface area contributed by atoms with Crippen molar-refractivity contribution in [1.82, 2.24) is 25.3 Å². The van der Waals surface area contributed by atoms with Crippen molar-refractivity contribution >= 4 is 23.3 Å². The predicted octanol–water partition coefficient (Wildman–Crippen LogP) is 4.60. The normalized spacial score (nSPS) is 13.1. The summed E-state index contributed by atoms with van der Waals surface area (Å²) in [5, 5.41) is 26.0. The molecule has 0 aliphatic carbocycles. The maximum Gasteiger partial charge on any atom is 0.441 e. The van der Waals surface area contributed by atoms with Crippen molar-refractivity contribution in [3.63, 3.8) is 0 Å². The summed E-state index contributed by atoms with van der Waals surface area (Å²) >= 11 is 5.51. The van der Waals surface area contributed by atoms with Crippen LogP contribution < -0.4 is 22.7 Å². The second kappa shape index (κ2) is 21.1. The van der Waals surface area contributed by atoms with Gasteiger partial charge in [-0.2, -0.15) is 5.26 Å². The fraction of sp³-hybridized carbons (Fsp3) is 0.750. The van der Waals surface area contributed by atoms with Crippen LogP contribution in [0.2, 0.25) is 0 Å². The van der Waals surface area contributed by atoms with E-state index in [0.29, 0.717) is 30.7 Å². The average Bonchev–Trinajstić information content (AvgIpc) is 3.55. The third-order valence-corrected chi connectivity index (χ3v) is 5.10. The van der Waals surface area contributed by atoms with Gasteiger partial charge >= 0.3 is 11.5 Å². The molecule has 3 heterocycles. The zero-order chi connectivity index (χ0) is 34.7. The van der Waals surface area contributed by atoms with E-state index in [-0.39, 0.29) is 34.4 Å². The largest absolute Gasteiger partial charge is 0.441 e. The zero-order valence-corrected chi connectivity index (χ0v) is 28.9. The maximum atomic E-state index is 11.0. The number of aliphatic imine (C=N–C) groups is 1. The first-order chi connectivity index (χ1) is 20.2. The van der Waals surface area contributed by atoms with Gasteiger partial charge in [-0.05, 0) is 20.8 Å². The van der Waals surface area contributed by atoms with Crippen LogP contribution in [0.5, 0.6) is 0 Å². The Morgan fingerprint density at radius 1 is 1.09 bits per heavy atom. The van der Waals surface area contributed by atoms with Crippen LogP contribution in [0.4, 0.5) is 0 Å². The summed E-state index contributed by atoms with van der Waals surface area (Å²) in [4.78, 5) is 33.1. The zero-order valence-electron chi connectivity index (χ0n) is 28.2. The van der Waals surface area contributed by atoms with Gasteiger partial charge in [0.15, 0.2) is 11.6 Å². The van der Waals surface area contributed by atoms with Crippen LogP contribution in [0.3, 0.4) is 0 Å². The van der Waals surface area contributed by atoms with Gasteiger partial charge in [0.1, 0.15) is 11.7 Å². The van der Waals surface area contributed by atoms with Crippen molar-refractivity contribution in [3.05, 3.63) is 32.8 Å². The Bertz CT molecular complexity index is 1270. The smallest absolute Gasteiger partial charge is 0.409 e. The summed E-state index contributed by atoms with van der Waals surface area (Å²) in [6.07, 6.45) is 0. The number of H-pyrrole nitrogens is 1. The van der Waals surface area contributed by atoms with Gasteiger partial charge in [0.2, 0.25) is 0 Å². The Balaban J connectivity index is 0. The lowest BCUT2D eigenvalue weighted by atomic mass is 9.95. The molecule has 15 nitrogen and oxygen atoms in total. The lowest BCUT2D eigenvalue weighted by molar-refractivity contribution is 0.0748. The molecular weight excluding hydrogens is 594 g/mol. The quantitative estimate of drug-likeness (QED) is 0.116. The van der Waals surface area contributed by atoms with Crippen molar-refractivity contribution in [2.24, 2.45) is 32.6 Å². The molecule has 252 valence electrons. The van der Waals surface area contributed by atoms with Crippen LogP contribution >= 0.6 is 11.6 Å². The SMILES string of the molecule is CC(C)(C)C#N.CC(C)(C)C1=NCCON1.CC(C)/C(N)=N/O.CC(C)c1noc(=O)[nH]1.CC(C)c1noc(=O)n1CCCl. The molecule has 0 atom stereocenters. The molecule has 44 heavy (non-hydrogen) atoms. The van der Waals surface area contributed by atoms with Crippen molar-refractivity contribution < 1.29 is 19.1 Å². The summed E-state index contributed by atoms with van der Waals surface area (Å²) in [6.45, 7) is 25.3. The van der Waals surface area contributed by atoms with Crippen LogP contribution in [-0.2, 0) is 11.4 Å². The average molecular weight is 646 g/mol. The molecule has 3 rings (SSSR count). The molecule has 0 spiro atoms. The highest BCUT2D eigenvalue weighted by molar-refractivity contribution is 6.17. The van der Waals surface area contributed by atoms with E-state index in [1.54, 1.807) is 0 Å². The third kappa shape index (κ3) is 19.5. The van der Waals surface area contributed by atoms with E-state index in [4.69, 9.17) is 32.6 Å². The predicted molar refractivity (Wildman–Crippen MR) is 171 cm³/mol. The summed E-state index contributed by atoms with van der Waals surface area (Å²) in [6, 6.07) is 2.10.